The van der Waals surface area contributed by atoms with Crippen molar-refractivity contribution >= 4 is 31.9 Å². The van der Waals surface area contributed by atoms with Crippen LogP contribution in [0.15, 0.2) is 24.3 Å². The Morgan fingerprint density at radius 3 is 2.17 bits per heavy atom. The van der Waals surface area contributed by atoms with Gasteiger partial charge in [0.25, 0.3) is 0 Å². The summed E-state index contributed by atoms with van der Waals surface area (Å²) in [7, 11) is 0. The monoisotopic (exact) mass is 288 g/mol. The SMILES string of the molecule is Cc1ccc(C2CC2(Br)Br)cc1. The first-order valence-corrected chi connectivity index (χ1v) is 5.62. The van der Waals surface area contributed by atoms with Crippen molar-refractivity contribution in [1.82, 2.24) is 0 Å². The first-order valence-electron chi connectivity index (χ1n) is 4.04. The number of rotatable bonds is 1. The molecule has 1 aliphatic rings. The Hall–Kier alpha value is 0.180. The van der Waals surface area contributed by atoms with Crippen molar-refractivity contribution in [3.05, 3.63) is 35.4 Å². The number of halogens is 2. The van der Waals surface area contributed by atoms with Crippen LogP contribution < -0.4 is 0 Å². The molecule has 0 spiro atoms. The summed E-state index contributed by atoms with van der Waals surface area (Å²) in [6.07, 6.45) is 1.19. The average molecular weight is 290 g/mol. The first kappa shape index (κ1) is 8.76. The molecule has 1 unspecified atom stereocenters. The van der Waals surface area contributed by atoms with Gasteiger partial charge in [-0.2, -0.15) is 0 Å². The summed E-state index contributed by atoms with van der Waals surface area (Å²) in [5, 5.41) is 0. The van der Waals surface area contributed by atoms with Gasteiger partial charge in [0.05, 0.1) is 3.23 Å². The molecule has 64 valence electrons. The third kappa shape index (κ3) is 1.60. The van der Waals surface area contributed by atoms with Gasteiger partial charge >= 0.3 is 0 Å². The lowest BCUT2D eigenvalue weighted by atomic mass is 10.1. The van der Waals surface area contributed by atoms with Crippen LogP contribution in [0.4, 0.5) is 0 Å². The number of aryl methyl sites for hydroxylation is 1. The van der Waals surface area contributed by atoms with E-state index in [0.29, 0.717) is 5.92 Å². The molecular weight excluding hydrogens is 280 g/mol. The van der Waals surface area contributed by atoms with Crippen molar-refractivity contribution < 1.29 is 0 Å². The molecule has 0 aliphatic heterocycles. The van der Waals surface area contributed by atoms with Gasteiger partial charge in [-0.05, 0) is 18.9 Å². The normalized spacial score (nSPS) is 25.4. The highest BCUT2D eigenvalue weighted by Gasteiger charge is 2.50. The van der Waals surface area contributed by atoms with Gasteiger partial charge in [0.1, 0.15) is 0 Å². The highest BCUT2D eigenvalue weighted by atomic mass is 79.9. The zero-order chi connectivity index (χ0) is 8.77. The van der Waals surface area contributed by atoms with E-state index in [1.807, 2.05) is 0 Å². The van der Waals surface area contributed by atoms with Crippen molar-refractivity contribution in [2.24, 2.45) is 0 Å². The molecule has 12 heavy (non-hydrogen) atoms. The van der Waals surface area contributed by atoms with E-state index in [9.17, 15) is 0 Å². The van der Waals surface area contributed by atoms with Crippen LogP contribution in [-0.2, 0) is 0 Å². The van der Waals surface area contributed by atoms with E-state index >= 15 is 0 Å². The van der Waals surface area contributed by atoms with Crippen molar-refractivity contribution in [3.8, 4) is 0 Å². The zero-order valence-corrected chi connectivity index (χ0v) is 10.0. The van der Waals surface area contributed by atoms with Crippen molar-refractivity contribution in [1.29, 1.82) is 0 Å². The highest BCUT2D eigenvalue weighted by Crippen LogP contribution is 2.62. The molecule has 0 nitrogen and oxygen atoms in total. The maximum Gasteiger partial charge on any atom is 0.0881 e. The van der Waals surface area contributed by atoms with Crippen LogP contribution in [0, 0.1) is 6.92 Å². The Bertz CT molecular complexity index is 287. The summed E-state index contributed by atoms with van der Waals surface area (Å²) >= 11 is 7.25. The van der Waals surface area contributed by atoms with Gasteiger partial charge in [0.2, 0.25) is 0 Å². The minimum atomic E-state index is 0.190. The van der Waals surface area contributed by atoms with Crippen LogP contribution in [0.25, 0.3) is 0 Å². The Morgan fingerprint density at radius 1 is 1.25 bits per heavy atom. The molecule has 1 aliphatic carbocycles. The number of benzene rings is 1. The largest absolute Gasteiger partial charge is 0.0881 e. The third-order valence-electron chi connectivity index (χ3n) is 2.31. The van der Waals surface area contributed by atoms with Gasteiger partial charge in [-0.1, -0.05) is 61.7 Å². The van der Waals surface area contributed by atoms with Crippen LogP contribution in [0.5, 0.6) is 0 Å². The maximum atomic E-state index is 3.62. The second-order valence-electron chi connectivity index (χ2n) is 3.43. The quantitative estimate of drug-likeness (QED) is 0.686. The molecule has 0 saturated heterocycles. The Kier molecular flexibility index (Phi) is 2.08. The average Bonchev–Trinajstić information content (AvgIpc) is 2.61. The molecule has 1 fully saturated rings. The topological polar surface area (TPSA) is 0 Å². The molecule has 1 aromatic rings. The summed E-state index contributed by atoms with van der Waals surface area (Å²) in [6.45, 7) is 2.12. The van der Waals surface area contributed by atoms with E-state index in [1.165, 1.54) is 17.5 Å². The highest BCUT2D eigenvalue weighted by molar-refractivity contribution is 9.25. The fourth-order valence-corrected chi connectivity index (χ4v) is 2.55. The van der Waals surface area contributed by atoms with E-state index in [-0.39, 0.29) is 3.23 Å². The van der Waals surface area contributed by atoms with Crippen LogP contribution in [-0.4, -0.2) is 3.23 Å². The lowest BCUT2D eigenvalue weighted by molar-refractivity contribution is 1.12. The van der Waals surface area contributed by atoms with E-state index < -0.39 is 0 Å². The predicted octanol–water partition coefficient (Wildman–Crippen LogP) is 3.97. The van der Waals surface area contributed by atoms with Gasteiger partial charge in [-0.25, -0.2) is 0 Å². The standard InChI is InChI=1S/C10H10Br2/c1-7-2-4-8(5-3-7)9-6-10(9,11)12/h2-5,9H,6H2,1H3. The minimum Gasteiger partial charge on any atom is -0.0720 e. The lowest BCUT2D eigenvalue weighted by Crippen LogP contribution is -1.87. The van der Waals surface area contributed by atoms with Gasteiger partial charge in [-0.15, -0.1) is 0 Å². The Labute approximate surface area is 89.6 Å². The molecule has 1 aromatic carbocycles. The van der Waals surface area contributed by atoms with Gasteiger partial charge in [0.15, 0.2) is 0 Å². The minimum absolute atomic E-state index is 0.190. The van der Waals surface area contributed by atoms with E-state index in [2.05, 4.69) is 63.0 Å². The third-order valence-corrected chi connectivity index (χ3v) is 4.06. The Morgan fingerprint density at radius 2 is 1.75 bits per heavy atom. The summed E-state index contributed by atoms with van der Waals surface area (Å²) in [5.41, 5.74) is 2.75. The predicted molar refractivity (Wildman–Crippen MR) is 59.1 cm³/mol. The number of hydrogen-bond acceptors (Lipinski definition) is 0. The molecule has 0 aromatic heterocycles. The smallest absolute Gasteiger partial charge is 0.0720 e. The molecule has 2 heteroatoms. The van der Waals surface area contributed by atoms with Crippen molar-refractivity contribution in [3.63, 3.8) is 0 Å². The fraction of sp³-hybridized carbons (Fsp3) is 0.400. The lowest BCUT2D eigenvalue weighted by Gasteiger charge is -2.00. The second kappa shape index (κ2) is 2.85. The first-order chi connectivity index (χ1) is 5.59. The maximum absolute atomic E-state index is 3.62. The molecule has 0 N–H and O–H groups in total. The molecule has 1 atom stereocenters. The molecule has 0 heterocycles. The fourth-order valence-electron chi connectivity index (χ4n) is 1.37. The zero-order valence-electron chi connectivity index (χ0n) is 6.85. The molecule has 2 rings (SSSR count). The van der Waals surface area contributed by atoms with Crippen LogP contribution in [0.1, 0.15) is 23.5 Å². The van der Waals surface area contributed by atoms with Crippen LogP contribution >= 0.6 is 31.9 Å². The van der Waals surface area contributed by atoms with Crippen molar-refractivity contribution in [2.45, 2.75) is 22.5 Å². The van der Waals surface area contributed by atoms with E-state index in [1.54, 1.807) is 0 Å². The van der Waals surface area contributed by atoms with E-state index in [0.717, 1.165) is 0 Å². The summed E-state index contributed by atoms with van der Waals surface area (Å²) < 4.78 is 0.190. The molecule has 0 amide bonds. The molecule has 1 saturated carbocycles. The molecule has 0 bridgehead atoms. The summed E-state index contributed by atoms with van der Waals surface area (Å²) in [4.78, 5) is 0. The van der Waals surface area contributed by atoms with Gasteiger partial charge in [-0.3, -0.25) is 0 Å². The summed E-state index contributed by atoms with van der Waals surface area (Å²) in [6, 6.07) is 8.77. The van der Waals surface area contributed by atoms with Crippen LogP contribution in [0.3, 0.4) is 0 Å². The summed E-state index contributed by atoms with van der Waals surface area (Å²) in [5.74, 6) is 0.651. The Balaban J connectivity index is 2.21. The van der Waals surface area contributed by atoms with Crippen LogP contribution in [0.2, 0.25) is 0 Å². The van der Waals surface area contributed by atoms with E-state index in [4.69, 9.17) is 0 Å². The number of hydrogen-bond donors (Lipinski definition) is 0. The molecule has 0 radical (unpaired) electrons. The van der Waals surface area contributed by atoms with Gasteiger partial charge < -0.3 is 0 Å². The number of alkyl halides is 2. The second-order valence-corrected chi connectivity index (χ2v) is 7.32. The molecular formula is C10H10Br2. The van der Waals surface area contributed by atoms with Crippen molar-refractivity contribution in [2.75, 3.05) is 0 Å². The van der Waals surface area contributed by atoms with Gasteiger partial charge in [0, 0.05) is 5.92 Å².